The van der Waals surface area contributed by atoms with E-state index in [2.05, 4.69) is 15.5 Å². The van der Waals surface area contributed by atoms with Crippen LogP contribution in [-0.2, 0) is 11.3 Å². The lowest BCUT2D eigenvalue weighted by Crippen LogP contribution is -2.49. The molecule has 8 heteroatoms. The summed E-state index contributed by atoms with van der Waals surface area (Å²) in [4.78, 5) is 29.0. The maximum absolute atomic E-state index is 12.8. The maximum atomic E-state index is 12.8. The van der Waals surface area contributed by atoms with Gasteiger partial charge in [-0.15, -0.1) is 0 Å². The number of aromatic nitrogens is 2. The fraction of sp³-hybridized carbons (Fsp3) is 0.227. The number of hydrogen-bond acceptors (Lipinski definition) is 5. The highest BCUT2D eigenvalue weighted by Gasteiger charge is 2.31. The molecule has 2 N–H and O–H groups in total. The Morgan fingerprint density at radius 3 is 2.77 bits per heavy atom. The molecule has 2 amide bonds. The van der Waals surface area contributed by atoms with Crippen molar-refractivity contribution in [1.29, 1.82) is 0 Å². The molecule has 0 unspecified atom stereocenters. The van der Waals surface area contributed by atoms with E-state index in [4.69, 9.17) is 4.74 Å². The second-order valence-corrected chi connectivity index (χ2v) is 7.17. The summed E-state index contributed by atoms with van der Waals surface area (Å²) in [5.41, 5.74) is 2.75. The number of aromatic amines is 1. The fourth-order valence-electron chi connectivity index (χ4n) is 3.38. The average Bonchev–Trinajstić information content (AvgIpc) is 3.20. The van der Waals surface area contributed by atoms with Gasteiger partial charge in [0.2, 0.25) is 0 Å². The van der Waals surface area contributed by atoms with Crippen LogP contribution in [0.2, 0.25) is 0 Å². The van der Waals surface area contributed by atoms with Gasteiger partial charge in [-0.25, -0.2) is 0 Å². The number of fused-ring (bicyclic) bond motifs is 1. The Bertz CT molecular complexity index is 1050. The van der Waals surface area contributed by atoms with Crippen molar-refractivity contribution >= 4 is 23.2 Å². The molecule has 0 radical (unpaired) electrons. The molecule has 0 saturated heterocycles. The van der Waals surface area contributed by atoms with Crippen LogP contribution in [0.1, 0.15) is 16.2 Å². The number of ether oxygens (including phenoxy) is 1. The first-order chi connectivity index (χ1) is 14.5. The number of para-hydroxylation sites is 3. The molecule has 3 aromatic rings. The second kappa shape index (κ2) is 8.28. The van der Waals surface area contributed by atoms with Crippen molar-refractivity contribution in [3.05, 3.63) is 72.1 Å². The van der Waals surface area contributed by atoms with E-state index < -0.39 is 11.9 Å². The van der Waals surface area contributed by atoms with E-state index in [9.17, 15) is 9.59 Å². The molecule has 1 aromatic heterocycles. The minimum absolute atomic E-state index is 0.0555. The molecule has 154 valence electrons. The smallest absolute Gasteiger partial charge is 0.272 e. The van der Waals surface area contributed by atoms with Gasteiger partial charge in [0.15, 0.2) is 0 Å². The van der Waals surface area contributed by atoms with Crippen molar-refractivity contribution in [2.24, 2.45) is 0 Å². The van der Waals surface area contributed by atoms with Crippen molar-refractivity contribution in [3.63, 3.8) is 0 Å². The zero-order valence-electron chi connectivity index (χ0n) is 16.8. The highest BCUT2D eigenvalue weighted by Crippen LogP contribution is 2.29. The van der Waals surface area contributed by atoms with Crippen LogP contribution in [0.4, 0.5) is 11.4 Å². The Kier molecular flexibility index (Phi) is 5.38. The van der Waals surface area contributed by atoms with Crippen LogP contribution in [0, 0.1) is 0 Å². The number of nitrogens with one attached hydrogen (secondary N) is 2. The first kappa shape index (κ1) is 19.5. The number of anilines is 2. The molecule has 1 aliphatic heterocycles. The van der Waals surface area contributed by atoms with Crippen LogP contribution < -0.4 is 19.9 Å². The lowest BCUT2D eigenvalue weighted by molar-refractivity contribution is -0.120. The average molecular weight is 405 g/mol. The van der Waals surface area contributed by atoms with E-state index in [1.807, 2.05) is 54.4 Å². The number of rotatable bonds is 5. The van der Waals surface area contributed by atoms with Gasteiger partial charge in [-0.05, 0) is 30.3 Å². The Hall–Kier alpha value is -3.81. The largest absolute Gasteiger partial charge is 0.489 e. The summed E-state index contributed by atoms with van der Waals surface area (Å²) in [7, 11) is 3.63. The molecule has 0 spiro atoms. The van der Waals surface area contributed by atoms with E-state index >= 15 is 0 Å². The van der Waals surface area contributed by atoms with Gasteiger partial charge in [-0.2, -0.15) is 5.10 Å². The lowest BCUT2D eigenvalue weighted by atomic mass is 10.2. The molecule has 30 heavy (non-hydrogen) atoms. The summed E-state index contributed by atoms with van der Waals surface area (Å²) >= 11 is 0. The van der Waals surface area contributed by atoms with Crippen LogP contribution in [0.3, 0.4) is 0 Å². The minimum atomic E-state index is -0.804. The highest BCUT2D eigenvalue weighted by atomic mass is 16.5. The molecule has 0 saturated carbocycles. The summed E-state index contributed by atoms with van der Waals surface area (Å²) in [6.45, 7) is 0.619. The molecule has 8 nitrogen and oxygen atoms in total. The Morgan fingerprint density at radius 2 is 1.97 bits per heavy atom. The van der Waals surface area contributed by atoms with Crippen molar-refractivity contribution in [2.45, 2.75) is 12.6 Å². The zero-order valence-corrected chi connectivity index (χ0v) is 16.8. The topological polar surface area (TPSA) is 90.6 Å². The number of benzene rings is 2. The van der Waals surface area contributed by atoms with Crippen LogP contribution in [0.5, 0.6) is 5.75 Å². The van der Waals surface area contributed by atoms with Crippen LogP contribution in [0.15, 0.2) is 60.7 Å². The normalized spacial score (nSPS) is 15.7. The number of amides is 2. The third kappa shape index (κ3) is 3.98. The number of carbonyl (C=O) groups is 2. The third-order valence-electron chi connectivity index (χ3n) is 5.03. The summed E-state index contributed by atoms with van der Waals surface area (Å²) < 4.78 is 5.73. The first-order valence-electron chi connectivity index (χ1n) is 9.63. The highest BCUT2D eigenvalue weighted by molar-refractivity contribution is 6.02. The summed E-state index contributed by atoms with van der Waals surface area (Å²) in [6.07, 6.45) is 0. The quantitative estimate of drug-likeness (QED) is 0.679. The molecule has 0 aliphatic carbocycles. The van der Waals surface area contributed by atoms with Gasteiger partial charge < -0.3 is 19.9 Å². The SMILES string of the molecule is CN(Cc1cc(C(=O)N[C@H]2COc3ccccc3N(C)C2=O)n[nH]1)c1ccccc1. The molecule has 4 rings (SSSR count). The monoisotopic (exact) mass is 405 g/mol. The van der Waals surface area contributed by atoms with Crippen LogP contribution in [-0.4, -0.2) is 48.8 Å². The van der Waals surface area contributed by atoms with Gasteiger partial charge in [0.05, 0.1) is 17.9 Å². The summed E-state index contributed by atoms with van der Waals surface area (Å²) in [6, 6.07) is 18.1. The van der Waals surface area contributed by atoms with Crippen molar-refractivity contribution in [2.75, 3.05) is 30.5 Å². The van der Waals surface area contributed by atoms with Crippen molar-refractivity contribution < 1.29 is 14.3 Å². The molecule has 1 aliphatic rings. The van der Waals surface area contributed by atoms with Crippen LogP contribution in [0.25, 0.3) is 0 Å². The lowest BCUT2D eigenvalue weighted by Gasteiger charge is -2.20. The third-order valence-corrected chi connectivity index (χ3v) is 5.03. The van der Waals surface area contributed by atoms with Gasteiger partial charge in [-0.3, -0.25) is 14.7 Å². The fourth-order valence-corrected chi connectivity index (χ4v) is 3.38. The summed E-state index contributed by atoms with van der Waals surface area (Å²) in [5.74, 6) is -0.0647. The Labute approximate surface area is 174 Å². The van der Waals surface area contributed by atoms with Gasteiger partial charge in [0.25, 0.3) is 11.8 Å². The van der Waals surface area contributed by atoms with E-state index in [1.165, 1.54) is 4.90 Å². The minimum Gasteiger partial charge on any atom is -0.489 e. The number of likely N-dealkylation sites (N-methyl/N-ethyl adjacent to an activating group) is 1. The second-order valence-electron chi connectivity index (χ2n) is 7.17. The number of nitrogens with zero attached hydrogens (tertiary/aromatic N) is 3. The Balaban J connectivity index is 1.42. The Morgan fingerprint density at radius 1 is 1.23 bits per heavy atom. The van der Waals surface area contributed by atoms with Gasteiger partial charge in [-0.1, -0.05) is 30.3 Å². The molecular formula is C22H23N5O3. The first-order valence-corrected chi connectivity index (χ1v) is 9.63. The predicted octanol–water partition coefficient (Wildman–Crippen LogP) is 2.20. The van der Waals surface area contributed by atoms with E-state index in [0.29, 0.717) is 18.0 Å². The number of carbonyl (C=O) groups excluding carboxylic acids is 2. The zero-order chi connectivity index (χ0) is 21.1. The number of H-pyrrole nitrogens is 1. The van der Waals surface area contributed by atoms with Crippen molar-refractivity contribution in [1.82, 2.24) is 15.5 Å². The van der Waals surface area contributed by atoms with Gasteiger partial charge >= 0.3 is 0 Å². The molecule has 0 bridgehead atoms. The van der Waals surface area contributed by atoms with Crippen molar-refractivity contribution in [3.8, 4) is 5.75 Å². The maximum Gasteiger partial charge on any atom is 0.272 e. The van der Waals surface area contributed by atoms with E-state index in [0.717, 1.165) is 11.4 Å². The molecule has 2 aromatic carbocycles. The van der Waals surface area contributed by atoms with Crippen LogP contribution >= 0.6 is 0 Å². The van der Waals surface area contributed by atoms with Gasteiger partial charge in [0, 0.05) is 19.8 Å². The predicted molar refractivity (Wildman–Crippen MR) is 114 cm³/mol. The number of hydrogen-bond donors (Lipinski definition) is 2. The molecular weight excluding hydrogens is 382 g/mol. The summed E-state index contributed by atoms with van der Waals surface area (Å²) in [5, 5.41) is 9.74. The molecule has 0 fully saturated rings. The molecule has 2 heterocycles. The van der Waals surface area contributed by atoms with Gasteiger partial charge in [0.1, 0.15) is 24.1 Å². The van der Waals surface area contributed by atoms with E-state index in [1.54, 1.807) is 25.2 Å². The molecule has 1 atom stereocenters. The standard InChI is InChI=1S/C22H23N5O3/c1-26(16-8-4-3-5-9-16)13-15-12-17(25-24-15)21(28)23-18-14-30-20-11-7-6-10-19(20)27(2)22(18)29/h3-12,18H,13-14H2,1-2H3,(H,23,28)(H,24,25)/t18-/m0/s1. The van der Waals surface area contributed by atoms with E-state index in [-0.39, 0.29) is 18.2 Å².